The molecule has 0 unspecified atom stereocenters. The third-order valence-electron chi connectivity index (χ3n) is 5.80. The van der Waals surface area contributed by atoms with E-state index in [2.05, 4.69) is 9.80 Å². The van der Waals surface area contributed by atoms with Gasteiger partial charge in [-0.3, -0.25) is 9.69 Å². The molecule has 162 valence electrons. The monoisotopic (exact) mass is 451 g/mol. The first kappa shape index (κ1) is 21.3. The van der Waals surface area contributed by atoms with Gasteiger partial charge in [0.2, 0.25) is 5.91 Å². The Bertz CT molecular complexity index is 956. The predicted molar refractivity (Wildman–Crippen MR) is 117 cm³/mol. The van der Waals surface area contributed by atoms with Crippen LogP contribution in [0, 0.1) is 5.82 Å². The Hall–Kier alpha value is -1.97. The van der Waals surface area contributed by atoms with Gasteiger partial charge < -0.3 is 9.80 Å². The van der Waals surface area contributed by atoms with Crippen LogP contribution in [-0.2, 0) is 21.2 Å². The molecule has 2 saturated heterocycles. The van der Waals surface area contributed by atoms with Crippen molar-refractivity contribution in [3.63, 3.8) is 0 Å². The molecule has 1 aromatic heterocycles. The molecule has 6 nitrogen and oxygen atoms in total. The highest BCUT2D eigenvalue weighted by molar-refractivity contribution is 7.91. The van der Waals surface area contributed by atoms with Gasteiger partial charge >= 0.3 is 0 Å². The highest BCUT2D eigenvalue weighted by Gasteiger charge is 2.35. The summed E-state index contributed by atoms with van der Waals surface area (Å²) in [4.78, 5) is 20.3. The van der Waals surface area contributed by atoms with Gasteiger partial charge in [0, 0.05) is 42.8 Å². The summed E-state index contributed by atoms with van der Waals surface area (Å²) < 4.78 is 37.1. The van der Waals surface area contributed by atoms with Crippen LogP contribution < -0.4 is 4.90 Å². The Morgan fingerprint density at radius 1 is 1.13 bits per heavy atom. The van der Waals surface area contributed by atoms with Gasteiger partial charge in [0.15, 0.2) is 9.84 Å². The number of carbonyl (C=O) groups excluding carboxylic acids is 1. The van der Waals surface area contributed by atoms with Crippen LogP contribution in [0.1, 0.15) is 11.3 Å². The van der Waals surface area contributed by atoms with E-state index < -0.39 is 9.84 Å². The number of hydrogen-bond acceptors (Lipinski definition) is 6. The Morgan fingerprint density at radius 3 is 2.47 bits per heavy atom. The molecule has 0 bridgehead atoms. The lowest BCUT2D eigenvalue weighted by Crippen LogP contribution is -2.51. The van der Waals surface area contributed by atoms with E-state index >= 15 is 0 Å². The molecule has 0 radical (unpaired) electrons. The number of rotatable bonds is 6. The number of benzene rings is 1. The Kier molecular flexibility index (Phi) is 6.40. The molecular formula is C21H26FN3O3S2. The van der Waals surface area contributed by atoms with Crippen molar-refractivity contribution in [1.82, 2.24) is 9.80 Å². The lowest BCUT2D eigenvalue weighted by Gasteiger charge is -2.37. The molecular weight excluding hydrogens is 425 g/mol. The molecule has 2 aliphatic heterocycles. The maximum atomic E-state index is 13.2. The van der Waals surface area contributed by atoms with E-state index in [1.807, 2.05) is 17.5 Å². The van der Waals surface area contributed by atoms with Gasteiger partial charge in [0.1, 0.15) is 5.82 Å². The zero-order valence-corrected chi connectivity index (χ0v) is 18.4. The predicted octanol–water partition coefficient (Wildman–Crippen LogP) is 2.23. The molecule has 0 N–H and O–H groups in total. The fraction of sp³-hybridized carbons (Fsp3) is 0.476. The summed E-state index contributed by atoms with van der Waals surface area (Å²) in [5, 5.41) is 1.97. The van der Waals surface area contributed by atoms with Crippen molar-refractivity contribution in [2.45, 2.75) is 19.0 Å². The van der Waals surface area contributed by atoms with Gasteiger partial charge in [0.05, 0.1) is 24.6 Å². The maximum Gasteiger partial charge on any atom is 0.237 e. The average Bonchev–Trinajstić information content (AvgIpc) is 3.36. The number of thiophene rings is 1. The summed E-state index contributed by atoms with van der Waals surface area (Å²) >= 11 is 1.58. The van der Waals surface area contributed by atoms with E-state index in [1.165, 1.54) is 12.1 Å². The molecule has 0 spiro atoms. The van der Waals surface area contributed by atoms with Crippen LogP contribution in [0.25, 0.3) is 0 Å². The summed E-state index contributed by atoms with van der Waals surface area (Å²) in [6.07, 6.45) is 0.512. The second-order valence-corrected chi connectivity index (χ2v) is 11.2. The summed E-state index contributed by atoms with van der Waals surface area (Å²) in [6, 6.07) is 10.2. The van der Waals surface area contributed by atoms with Gasteiger partial charge in [-0.25, -0.2) is 12.8 Å². The first-order valence-corrected chi connectivity index (χ1v) is 12.8. The molecule has 0 aliphatic carbocycles. The van der Waals surface area contributed by atoms with Gasteiger partial charge in [-0.1, -0.05) is 6.07 Å². The number of anilines is 1. The molecule has 30 heavy (non-hydrogen) atoms. The number of amides is 1. The quantitative estimate of drug-likeness (QED) is 0.674. The Labute approximate surface area is 180 Å². The molecule has 1 atom stereocenters. The normalized spacial score (nSPS) is 21.6. The van der Waals surface area contributed by atoms with E-state index in [0.29, 0.717) is 19.5 Å². The minimum absolute atomic E-state index is 0.0132. The Balaban J connectivity index is 1.37. The number of hydrogen-bond donors (Lipinski definition) is 0. The van der Waals surface area contributed by atoms with E-state index in [1.54, 1.807) is 28.4 Å². The van der Waals surface area contributed by atoms with Crippen molar-refractivity contribution in [2.24, 2.45) is 0 Å². The second kappa shape index (κ2) is 9.03. The smallest absolute Gasteiger partial charge is 0.237 e. The van der Waals surface area contributed by atoms with Gasteiger partial charge in [-0.05, 0) is 42.1 Å². The SMILES string of the molecule is O=C(CN1CCN(c2ccc(F)cc2)CC1)N(Cc1cccs1)[C@@H]1CCS(=O)(=O)C1. The largest absolute Gasteiger partial charge is 0.369 e. The number of piperazine rings is 1. The number of nitrogens with zero attached hydrogens (tertiary/aromatic N) is 3. The lowest BCUT2D eigenvalue weighted by atomic mass is 10.2. The molecule has 9 heteroatoms. The van der Waals surface area contributed by atoms with E-state index in [0.717, 1.165) is 36.7 Å². The second-order valence-electron chi connectivity index (χ2n) is 7.90. The molecule has 1 aromatic carbocycles. The highest BCUT2D eigenvalue weighted by Crippen LogP contribution is 2.23. The summed E-state index contributed by atoms with van der Waals surface area (Å²) in [7, 11) is -3.06. The number of carbonyl (C=O) groups is 1. The third kappa shape index (κ3) is 5.19. The molecule has 2 fully saturated rings. The number of halogens is 1. The standard InChI is InChI=1S/C21H26FN3O3S2/c22-17-3-5-18(6-4-17)24-10-8-23(9-11-24)15-21(26)25(14-20-2-1-12-29-20)19-7-13-30(27,28)16-19/h1-6,12,19H,7-11,13-16H2/t19-/m1/s1. The molecule has 3 heterocycles. The third-order valence-corrected chi connectivity index (χ3v) is 8.41. The summed E-state index contributed by atoms with van der Waals surface area (Å²) in [6.45, 7) is 3.76. The van der Waals surface area contributed by atoms with Crippen LogP contribution in [0.15, 0.2) is 41.8 Å². The van der Waals surface area contributed by atoms with Crippen LogP contribution in [-0.4, -0.2) is 74.4 Å². The van der Waals surface area contributed by atoms with Crippen molar-refractivity contribution in [3.8, 4) is 0 Å². The van der Waals surface area contributed by atoms with Crippen molar-refractivity contribution in [3.05, 3.63) is 52.5 Å². The van der Waals surface area contributed by atoms with Crippen LogP contribution >= 0.6 is 11.3 Å². The summed E-state index contributed by atoms with van der Waals surface area (Å²) in [5.74, 6) is -0.0477. The van der Waals surface area contributed by atoms with Crippen molar-refractivity contribution in [2.75, 3.05) is 49.1 Å². The molecule has 2 aliphatic rings. The maximum absolute atomic E-state index is 13.2. The van der Waals surface area contributed by atoms with Crippen LogP contribution in [0.4, 0.5) is 10.1 Å². The molecule has 4 rings (SSSR count). The van der Waals surface area contributed by atoms with Crippen molar-refractivity contribution >= 4 is 32.8 Å². The zero-order chi connectivity index (χ0) is 21.1. The number of sulfone groups is 1. The fourth-order valence-corrected chi connectivity index (χ4v) is 6.54. The topological polar surface area (TPSA) is 60.9 Å². The highest BCUT2D eigenvalue weighted by atomic mass is 32.2. The van der Waals surface area contributed by atoms with Crippen LogP contribution in [0.5, 0.6) is 0 Å². The molecule has 2 aromatic rings. The van der Waals surface area contributed by atoms with Gasteiger partial charge in [0.25, 0.3) is 0 Å². The zero-order valence-electron chi connectivity index (χ0n) is 16.7. The van der Waals surface area contributed by atoms with Crippen LogP contribution in [0.2, 0.25) is 0 Å². The minimum atomic E-state index is -3.06. The first-order valence-electron chi connectivity index (χ1n) is 10.1. The minimum Gasteiger partial charge on any atom is -0.369 e. The molecule has 1 amide bonds. The lowest BCUT2D eigenvalue weighted by molar-refractivity contribution is -0.135. The Morgan fingerprint density at radius 2 is 1.87 bits per heavy atom. The van der Waals surface area contributed by atoms with E-state index in [-0.39, 0.29) is 29.3 Å². The van der Waals surface area contributed by atoms with Crippen molar-refractivity contribution < 1.29 is 17.6 Å². The van der Waals surface area contributed by atoms with Crippen molar-refractivity contribution in [1.29, 1.82) is 0 Å². The van der Waals surface area contributed by atoms with E-state index in [9.17, 15) is 17.6 Å². The van der Waals surface area contributed by atoms with Gasteiger partial charge in [-0.2, -0.15) is 0 Å². The molecule has 0 saturated carbocycles. The van der Waals surface area contributed by atoms with E-state index in [4.69, 9.17) is 0 Å². The van der Waals surface area contributed by atoms with Crippen LogP contribution in [0.3, 0.4) is 0 Å². The first-order chi connectivity index (χ1) is 14.4. The average molecular weight is 452 g/mol. The fourth-order valence-electron chi connectivity index (χ4n) is 4.11. The van der Waals surface area contributed by atoms with Gasteiger partial charge in [-0.15, -0.1) is 11.3 Å². The summed E-state index contributed by atoms with van der Waals surface area (Å²) in [5.41, 5.74) is 0.984.